The van der Waals surface area contributed by atoms with Crippen LogP contribution in [0.2, 0.25) is 0 Å². The highest BCUT2D eigenvalue weighted by Gasteiger charge is 2.17. The predicted octanol–water partition coefficient (Wildman–Crippen LogP) is 3.31. The zero-order valence-corrected chi connectivity index (χ0v) is 16.1. The van der Waals surface area contributed by atoms with Gasteiger partial charge in [-0.05, 0) is 30.3 Å². The maximum Gasteiger partial charge on any atom is 0.220 e. The molecule has 1 aliphatic rings. The molecule has 0 radical (unpaired) electrons. The fourth-order valence-electron chi connectivity index (χ4n) is 3.70. The van der Waals surface area contributed by atoms with Crippen molar-refractivity contribution in [3.8, 4) is 22.5 Å². The van der Waals surface area contributed by atoms with Gasteiger partial charge in [-0.15, -0.1) is 0 Å². The lowest BCUT2D eigenvalue weighted by atomic mass is 10.0. The Labute approximate surface area is 172 Å². The van der Waals surface area contributed by atoms with Gasteiger partial charge in [0.25, 0.3) is 0 Å². The van der Waals surface area contributed by atoms with E-state index in [2.05, 4.69) is 19.9 Å². The molecule has 4 aromatic rings. The van der Waals surface area contributed by atoms with Crippen LogP contribution >= 0.6 is 0 Å². The highest BCUT2D eigenvalue weighted by atomic mass is 19.1. The Balaban J connectivity index is 1.58. The van der Waals surface area contributed by atoms with Crippen LogP contribution in [0.15, 0.2) is 55.0 Å². The summed E-state index contributed by atoms with van der Waals surface area (Å²) in [6.45, 7) is 2.57. The average Bonchev–Trinajstić information content (AvgIpc) is 2.79. The van der Waals surface area contributed by atoms with E-state index in [-0.39, 0.29) is 11.8 Å². The summed E-state index contributed by atoms with van der Waals surface area (Å²) in [7, 11) is 0. The highest BCUT2D eigenvalue weighted by molar-refractivity contribution is 5.94. The summed E-state index contributed by atoms with van der Waals surface area (Å²) in [6, 6.07) is 12.8. The first-order valence-electron chi connectivity index (χ1n) is 9.65. The van der Waals surface area contributed by atoms with Gasteiger partial charge < -0.3 is 15.4 Å². The molecule has 0 bridgehead atoms. The molecule has 0 atom stereocenters. The molecule has 0 saturated carbocycles. The van der Waals surface area contributed by atoms with Gasteiger partial charge in [-0.1, -0.05) is 12.1 Å². The van der Waals surface area contributed by atoms with Crippen LogP contribution < -0.4 is 10.6 Å². The number of nitrogen functional groups attached to an aromatic ring is 1. The average molecular weight is 402 g/mol. The molecule has 0 aliphatic carbocycles. The Morgan fingerprint density at radius 2 is 1.77 bits per heavy atom. The van der Waals surface area contributed by atoms with Gasteiger partial charge in [-0.2, -0.15) is 0 Å². The molecule has 1 aliphatic heterocycles. The fourth-order valence-corrected chi connectivity index (χ4v) is 3.70. The number of ether oxygens (including phenoxy) is 1. The second kappa shape index (κ2) is 7.64. The third-order valence-electron chi connectivity index (χ3n) is 5.18. The van der Waals surface area contributed by atoms with E-state index in [0.29, 0.717) is 48.9 Å². The molecule has 1 fully saturated rings. The summed E-state index contributed by atoms with van der Waals surface area (Å²) in [6.07, 6.45) is 3.11. The minimum atomic E-state index is -0.277. The Morgan fingerprint density at radius 1 is 0.933 bits per heavy atom. The first-order valence-corrected chi connectivity index (χ1v) is 9.65. The van der Waals surface area contributed by atoms with Crippen molar-refractivity contribution < 1.29 is 9.13 Å². The molecule has 2 N–H and O–H groups in total. The maximum absolute atomic E-state index is 15.0. The van der Waals surface area contributed by atoms with Gasteiger partial charge >= 0.3 is 0 Å². The van der Waals surface area contributed by atoms with Crippen molar-refractivity contribution in [1.82, 2.24) is 19.9 Å². The summed E-state index contributed by atoms with van der Waals surface area (Å²) in [5.74, 6) is -0.0706. The predicted molar refractivity (Wildman–Crippen MR) is 113 cm³/mol. The number of hydrogen-bond acceptors (Lipinski definition) is 7. The van der Waals surface area contributed by atoms with Crippen LogP contribution in [0.1, 0.15) is 0 Å². The van der Waals surface area contributed by atoms with Gasteiger partial charge in [0, 0.05) is 35.8 Å². The number of hydrogen-bond donors (Lipinski definition) is 1. The minimum Gasteiger partial charge on any atom is -0.378 e. The van der Waals surface area contributed by atoms with E-state index >= 15 is 0 Å². The SMILES string of the molecule is Nc1nccc(-c2ccc3ncnc(-c4ccc(N5CCOCC5)c(F)c4)c3c2)n1. The molecule has 0 amide bonds. The number of aromatic nitrogens is 4. The lowest BCUT2D eigenvalue weighted by Crippen LogP contribution is -2.36. The standard InChI is InChI=1S/C22H19FN6O/c23-17-12-15(2-4-20(17)29-7-9-30-10-8-29)21-16-11-14(1-3-19(16)26-13-27-21)18-5-6-25-22(24)28-18/h1-6,11-13H,7-10H2,(H2,24,25,28). The Kier molecular flexibility index (Phi) is 4.68. The molecule has 5 rings (SSSR count). The van der Waals surface area contributed by atoms with E-state index in [1.54, 1.807) is 18.3 Å². The molecule has 3 heterocycles. The fraction of sp³-hybridized carbons (Fsp3) is 0.182. The number of nitrogens with two attached hydrogens (primary N) is 1. The largest absolute Gasteiger partial charge is 0.378 e. The molecule has 8 heteroatoms. The van der Waals surface area contributed by atoms with Crippen LogP contribution in [-0.4, -0.2) is 46.2 Å². The van der Waals surface area contributed by atoms with Gasteiger partial charge in [0.2, 0.25) is 5.95 Å². The first kappa shape index (κ1) is 18.4. The number of benzene rings is 2. The number of rotatable bonds is 3. The second-order valence-electron chi connectivity index (χ2n) is 7.02. The van der Waals surface area contributed by atoms with Crippen LogP contribution in [0.5, 0.6) is 0 Å². The highest BCUT2D eigenvalue weighted by Crippen LogP contribution is 2.32. The van der Waals surface area contributed by atoms with Crippen LogP contribution in [0.25, 0.3) is 33.4 Å². The van der Waals surface area contributed by atoms with E-state index in [0.717, 1.165) is 16.5 Å². The zero-order chi connectivity index (χ0) is 20.5. The van der Waals surface area contributed by atoms with E-state index in [1.807, 2.05) is 29.2 Å². The van der Waals surface area contributed by atoms with Crippen molar-refractivity contribution in [3.05, 3.63) is 60.8 Å². The topological polar surface area (TPSA) is 90.0 Å². The Hall–Kier alpha value is -3.65. The molecular weight excluding hydrogens is 383 g/mol. The van der Waals surface area contributed by atoms with Crippen LogP contribution in [0.4, 0.5) is 16.0 Å². The van der Waals surface area contributed by atoms with Crippen molar-refractivity contribution in [2.45, 2.75) is 0 Å². The van der Waals surface area contributed by atoms with E-state index in [9.17, 15) is 4.39 Å². The van der Waals surface area contributed by atoms with Gasteiger partial charge in [0.1, 0.15) is 12.1 Å². The lowest BCUT2D eigenvalue weighted by Gasteiger charge is -2.29. The van der Waals surface area contributed by atoms with Gasteiger partial charge in [-0.3, -0.25) is 0 Å². The summed E-state index contributed by atoms with van der Waals surface area (Å²) >= 11 is 0. The smallest absolute Gasteiger partial charge is 0.220 e. The molecule has 150 valence electrons. The van der Waals surface area contributed by atoms with E-state index in [1.165, 1.54) is 12.4 Å². The molecule has 2 aromatic heterocycles. The summed E-state index contributed by atoms with van der Waals surface area (Å²) in [5, 5.41) is 0.811. The maximum atomic E-state index is 15.0. The molecule has 30 heavy (non-hydrogen) atoms. The van der Waals surface area contributed by atoms with Crippen molar-refractivity contribution in [1.29, 1.82) is 0 Å². The van der Waals surface area contributed by atoms with Gasteiger partial charge in [0.05, 0.1) is 35.8 Å². The summed E-state index contributed by atoms with van der Waals surface area (Å²) < 4.78 is 20.3. The van der Waals surface area contributed by atoms with Crippen LogP contribution in [0, 0.1) is 5.82 Å². The third kappa shape index (κ3) is 3.42. The van der Waals surface area contributed by atoms with E-state index < -0.39 is 0 Å². The second-order valence-corrected chi connectivity index (χ2v) is 7.02. The molecule has 0 spiro atoms. The van der Waals surface area contributed by atoms with E-state index in [4.69, 9.17) is 10.5 Å². The number of nitrogens with zero attached hydrogens (tertiary/aromatic N) is 5. The van der Waals surface area contributed by atoms with Gasteiger partial charge in [-0.25, -0.2) is 24.3 Å². The van der Waals surface area contributed by atoms with Crippen LogP contribution in [0.3, 0.4) is 0 Å². The Bertz CT molecular complexity index is 1230. The molecule has 2 aromatic carbocycles. The van der Waals surface area contributed by atoms with Gasteiger partial charge in [0.15, 0.2) is 0 Å². The Morgan fingerprint density at radius 3 is 2.57 bits per heavy atom. The quantitative estimate of drug-likeness (QED) is 0.562. The summed E-state index contributed by atoms with van der Waals surface area (Å²) in [5.41, 5.74) is 9.99. The number of anilines is 2. The third-order valence-corrected chi connectivity index (χ3v) is 5.18. The van der Waals surface area contributed by atoms with Crippen molar-refractivity contribution in [3.63, 3.8) is 0 Å². The number of halogens is 1. The molecular formula is C22H19FN6O. The zero-order valence-electron chi connectivity index (χ0n) is 16.1. The van der Waals surface area contributed by atoms with Crippen molar-refractivity contribution >= 4 is 22.5 Å². The lowest BCUT2D eigenvalue weighted by molar-refractivity contribution is 0.122. The van der Waals surface area contributed by atoms with Crippen molar-refractivity contribution in [2.75, 3.05) is 36.9 Å². The normalized spacial score (nSPS) is 14.2. The first-order chi connectivity index (χ1) is 14.7. The summed E-state index contributed by atoms with van der Waals surface area (Å²) in [4.78, 5) is 19.0. The number of fused-ring (bicyclic) bond motifs is 1. The minimum absolute atomic E-state index is 0.206. The monoisotopic (exact) mass is 402 g/mol. The molecule has 7 nitrogen and oxygen atoms in total. The molecule has 0 unspecified atom stereocenters. The molecule has 1 saturated heterocycles. The number of morpholine rings is 1. The van der Waals surface area contributed by atoms with Crippen molar-refractivity contribution in [2.24, 2.45) is 0 Å². The van der Waals surface area contributed by atoms with Crippen LogP contribution in [-0.2, 0) is 4.74 Å².